The van der Waals surface area contributed by atoms with Crippen molar-refractivity contribution in [2.45, 2.75) is 43.6 Å². The highest BCUT2D eigenvalue weighted by atomic mass is 35.5. The summed E-state index contributed by atoms with van der Waals surface area (Å²) in [4.78, 5) is 12.5. The van der Waals surface area contributed by atoms with E-state index in [-0.39, 0.29) is 22.8 Å². The van der Waals surface area contributed by atoms with Crippen LogP contribution < -0.4 is 10.1 Å². The SMILES string of the molecule is CCOc1ccc(Cl)cc1S(=O)(=O)N1CCC(C(=O)NC[C@H]2CCCO2)CC1. The van der Waals surface area contributed by atoms with E-state index in [1.54, 1.807) is 19.1 Å². The Morgan fingerprint density at radius 2 is 2.07 bits per heavy atom. The van der Waals surface area contributed by atoms with Gasteiger partial charge in [0.15, 0.2) is 0 Å². The third kappa shape index (κ3) is 4.97. The number of carbonyl (C=O) groups is 1. The number of rotatable bonds is 7. The summed E-state index contributed by atoms with van der Waals surface area (Å²) in [5, 5.41) is 3.28. The molecule has 0 radical (unpaired) electrons. The van der Waals surface area contributed by atoms with Crippen LogP contribution in [0.5, 0.6) is 5.75 Å². The quantitative estimate of drug-likeness (QED) is 0.718. The van der Waals surface area contributed by atoms with Crippen LogP contribution in [0.25, 0.3) is 0 Å². The lowest BCUT2D eigenvalue weighted by Gasteiger charge is -2.31. The van der Waals surface area contributed by atoms with E-state index in [1.807, 2.05) is 0 Å². The first kappa shape index (κ1) is 21.4. The van der Waals surface area contributed by atoms with Gasteiger partial charge >= 0.3 is 0 Å². The molecule has 2 saturated heterocycles. The molecule has 1 aromatic carbocycles. The van der Waals surface area contributed by atoms with Gasteiger partial charge in [0.2, 0.25) is 15.9 Å². The summed E-state index contributed by atoms with van der Waals surface area (Å²) in [6, 6.07) is 4.60. The van der Waals surface area contributed by atoms with Crippen LogP contribution in [0.1, 0.15) is 32.6 Å². The summed E-state index contributed by atoms with van der Waals surface area (Å²) in [5.74, 6) is 0.0900. The standard InChI is InChI=1S/C19H27ClN2O5S/c1-2-26-17-6-5-15(20)12-18(17)28(24,25)22-9-7-14(8-10-22)19(23)21-13-16-4-3-11-27-16/h5-6,12,14,16H,2-4,7-11,13H2,1H3,(H,21,23)/t16-/m1/s1. The minimum absolute atomic E-state index is 0.0229. The summed E-state index contributed by atoms with van der Waals surface area (Å²) in [6.07, 6.45) is 3.08. The topological polar surface area (TPSA) is 84.9 Å². The lowest BCUT2D eigenvalue weighted by atomic mass is 9.97. The Bertz CT molecular complexity index is 788. The van der Waals surface area contributed by atoms with E-state index in [9.17, 15) is 13.2 Å². The number of hydrogen-bond acceptors (Lipinski definition) is 5. The zero-order valence-electron chi connectivity index (χ0n) is 16.0. The van der Waals surface area contributed by atoms with Crippen LogP contribution in [-0.4, -0.2) is 57.6 Å². The van der Waals surface area contributed by atoms with Crippen molar-refractivity contribution in [2.24, 2.45) is 5.92 Å². The highest BCUT2D eigenvalue weighted by molar-refractivity contribution is 7.89. The molecule has 2 aliphatic heterocycles. The third-order valence-corrected chi connectivity index (χ3v) is 7.33. The number of benzene rings is 1. The Labute approximate surface area is 171 Å². The number of sulfonamides is 1. The van der Waals surface area contributed by atoms with Crippen molar-refractivity contribution < 1.29 is 22.7 Å². The second-order valence-corrected chi connectivity index (χ2v) is 9.43. The maximum atomic E-state index is 13.1. The molecular formula is C19H27ClN2O5S. The molecule has 0 aromatic heterocycles. The van der Waals surface area contributed by atoms with Crippen LogP contribution in [0, 0.1) is 5.92 Å². The summed E-state index contributed by atoms with van der Waals surface area (Å²) in [5.41, 5.74) is 0. The van der Waals surface area contributed by atoms with Crippen LogP contribution >= 0.6 is 11.6 Å². The zero-order valence-corrected chi connectivity index (χ0v) is 17.6. The Hall–Kier alpha value is -1.35. The largest absolute Gasteiger partial charge is 0.492 e. The van der Waals surface area contributed by atoms with Crippen LogP contribution in [0.2, 0.25) is 5.02 Å². The molecule has 156 valence electrons. The minimum Gasteiger partial charge on any atom is -0.492 e. The van der Waals surface area contributed by atoms with Gasteiger partial charge in [-0.2, -0.15) is 4.31 Å². The third-order valence-electron chi connectivity index (χ3n) is 5.18. The summed E-state index contributed by atoms with van der Waals surface area (Å²) in [6.45, 7) is 4.02. The van der Waals surface area contributed by atoms with Crippen LogP contribution in [0.15, 0.2) is 23.1 Å². The Morgan fingerprint density at radius 3 is 2.71 bits per heavy atom. The van der Waals surface area contributed by atoms with Crippen molar-refractivity contribution in [1.29, 1.82) is 0 Å². The van der Waals surface area contributed by atoms with Gasteiger partial charge in [-0.25, -0.2) is 8.42 Å². The van der Waals surface area contributed by atoms with E-state index < -0.39 is 10.0 Å². The molecule has 28 heavy (non-hydrogen) atoms. The molecule has 0 spiro atoms. The maximum Gasteiger partial charge on any atom is 0.246 e. The van der Waals surface area contributed by atoms with E-state index in [0.717, 1.165) is 19.4 Å². The molecule has 2 aliphatic rings. The summed E-state index contributed by atoms with van der Waals surface area (Å²) in [7, 11) is -3.74. The summed E-state index contributed by atoms with van der Waals surface area (Å²) < 4.78 is 38.6. The van der Waals surface area contributed by atoms with Crippen molar-refractivity contribution in [2.75, 3.05) is 32.8 Å². The highest BCUT2D eigenvalue weighted by Gasteiger charge is 2.34. The van der Waals surface area contributed by atoms with Gasteiger partial charge in [0, 0.05) is 37.2 Å². The number of nitrogens with one attached hydrogen (secondary N) is 1. The number of amides is 1. The molecule has 0 unspecified atom stereocenters. The van der Waals surface area contributed by atoms with Gasteiger partial charge < -0.3 is 14.8 Å². The molecule has 2 heterocycles. The van der Waals surface area contributed by atoms with Gasteiger partial charge in [-0.15, -0.1) is 0 Å². The van der Waals surface area contributed by atoms with E-state index in [0.29, 0.717) is 49.9 Å². The van der Waals surface area contributed by atoms with Crippen molar-refractivity contribution in [3.8, 4) is 5.75 Å². The molecule has 2 fully saturated rings. The lowest BCUT2D eigenvalue weighted by molar-refractivity contribution is -0.126. The van der Waals surface area contributed by atoms with E-state index in [1.165, 1.54) is 10.4 Å². The monoisotopic (exact) mass is 430 g/mol. The molecular weight excluding hydrogens is 404 g/mol. The molecule has 0 bridgehead atoms. The van der Waals surface area contributed by atoms with Crippen LogP contribution in [0.3, 0.4) is 0 Å². The molecule has 0 saturated carbocycles. The number of carbonyl (C=O) groups excluding carboxylic acids is 1. The molecule has 7 nitrogen and oxygen atoms in total. The predicted octanol–water partition coefficient (Wildman–Crippen LogP) is 2.43. The number of piperidine rings is 1. The van der Waals surface area contributed by atoms with E-state index in [4.69, 9.17) is 21.1 Å². The normalized spacial score (nSPS) is 21.6. The van der Waals surface area contributed by atoms with Crippen molar-refractivity contribution in [1.82, 2.24) is 9.62 Å². The zero-order chi connectivity index (χ0) is 20.1. The number of halogens is 1. The number of ether oxygens (including phenoxy) is 2. The molecule has 1 amide bonds. The molecule has 1 atom stereocenters. The fourth-order valence-corrected chi connectivity index (χ4v) is 5.48. The first-order valence-corrected chi connectivity index (χ1v) is 11.6. The number of hydrogen-bond donors (Lipinski definition) is 1. The van der Waals surface area contributed by atoms with Gasteiger partial charge in [0.1, 0.15) is 10.6 Å². The average Bonchev–Trinajstić information content (AvgIpc) is 3.21. The maximum absolute atomic E-state index is 13.1. The average molecular weight is 431 g/mol. The molecule has 1 N–H and O–H groups in total. The van der Waals surface area contributed by atoms with Gasteiger partial charge in [0.25, 0.3) is 0 Å². The van der Waals surface area contributed by atoms with Gasteiger partial charge in [-0.3, -0.25) is 4.79 Å². The second kappa shape index (κ2) is 9.43. The van der Waals surface area contributed by atoms with Crippen molar-refractivity contribution in [3.05, 3.63) is 23.2 Å². The molecule has 9 heteroatoms. The first-order valence-electron chi connectivity index (χ1n) is 9.73. The van der Waals surface area contributed by atoms with Crippen LogP contribution in [-0.2, 0) is 19.6 Å². The predicted molar refractivity (Wildman–Crippen MR) is 106 cm³/mol. The molecule has 1 aromatic rings. The minimum atomic E-state index is -3.74. The molecule has 3 rings (SSSR count). The molecule has 0 aliphatic carbocycles. The smallest absolute Gasteiger partial charge is 0.246 e. The lowest BCUT2D eigenvalue weighted by Crippen LogP contribution is -2.44. The number of nitrogens with zero attached hydrogens (tertiary/aromatic N) is 1. The Kier molecular flexibility index (Phi) is 7.20. The van der Waals surface area contributed by atoms with Gasteiger partial charge in [-0.1, -0.05) is 11.6 Å². The highest BCUT2D eigenvalue weighted by Crippen LogP contribution is 2.32. The van der Waals surface area contributed by atoms with Gasteiger partial charge in [-0.05, 0) is 50.8 Å². The van der Waals surface area contributed by atoms with E-state index >= 15 is 0 Å². The Morgan fingerprint density at radius 1 is 1.32 bits per heavy atom. The second-order valence-electron chi connectivity index (χ2n) is 7.08. The van der Waals surface area contributed by atoms with E-state index in [2.05, 4.69) is 5.32 Å². The van der Waals surface area contributed by atoms with Crippen LogP contribution in [0.4, 0.5) is 0 Å². The van der Waals surface area contributed by atoms with Crippen molar-refractivity contribution in [3.63, 3.8) is 0 Å². The summed E-state index contributed by atoms with van der Waals surface area (Å²) >= 11 is 6.01. The Balaban J connectivity index is 1.60. The first-order chi connectivity index (χ1) is 13.4. The van der Waals surface area contributed by atoms with Gasteiger partial charge in [0.05, 0.1) is 12.7 Å². The van der Waals surface area contributed by atoms with Crippen molar-refractivity contribution >= 4 is 27.5 Å². The fraction of sp³-hybridized carbons (Fsp3) is 0.632. The fourth-order valence-electron chi connectivity index (χ4n) is 3.62.